The third-order valence-corrected chi connectivity index (χ3v) is 4.08. The maximum Gasteiger partial charge on any atom is 0.274 e. The van der Waals surface area contributed by atoms with Crippen LogP contribution in [0.25, 0.3) is 0 Å². The number of amides is 1. The summed E-state index contributed by atoms with van der Waals surface area (Å²) in [5, 5.41) is 6.25. The summed E-state index contributed by atoms with van der Waals surface area (Å²) in [6.07, 6.45) is 1.47. The first-order chi connectivity index (χ1) is 13.5. The summed E-state index contributed by atoms with van der Waals surface area (Å²) in [7, 11) is 1.54. The van der Waals surface area contributed by atoms with Crippen molar-refractivity contribution >= 4 is 40.6 Å². The average molecular weight is 397 g/mol. The van der Waals surface area contributed by atoms with Gasteiger partial charge in [-0.2, -0.15) is 0 Å². The predicted molar refractivity (Wildman–Crippen MR) is 108 cm³/mol. The Morgan fingerprint density at radius 3 is 2.50 bits per heavy atom. The molecule has 0 saturated heterocycles. The minimum atomic E-state index is -0.404. The van der Waals surface area contributed by atoms with Gasteiger partial charge in [-0.15, -0.1) is 0 Å². The van der Waals surface area contributed by atoms with Gasteiger partial charge in [0.25, 0.3) is 5.91 Å². The number of Topliss-reactive ketones (excluding diaryl/α,β-unsaturated/α-hetero) is 1. The highest BCUT2D eigenvalue weighted by Gasteiger charge is 2.11. The number of hydrogen-bond donors (Lipinski definition) is 2. The molecule has 3 aromatic rings. The second kappa shape index (κ2) is 8.49. The molecule has 8 heteroatoms. The largest absolute Gasteiger partial charge is 0.495 e. The van der Waals surface area contributed by atoms with Gasteiger partial charge in [0.15, 0.2) is 5.78 Å². The van der Waals surface area contributed by atoms with Crippen LogP contribution >= 0.6 is 11.6 Å². The number of hydrogen-bond acceptors (Lipinski definition) is 6. The van der Waals surface area contributed by atoms with Crippen LogP contribution in [0.2, 0.25) is 5.02 Å². The number of benzene rings is 2. The molecule has 0 unspecified atom stereocenters. The zero-order valence-electron chi connectivity index (χ0n) is 15.2. The van der Waals surface area contributed by atoms with Gasteiger partial charge in [0.05, 0.1) is 12.8 Å². The highest BCUT2D eigenvalue weighted by molar-refractivity contribution is 6.31. The number of ether oxygens (including phenoxy) is 1. The number of rotatable bonds is 6. The molecule has 0 radical (unpaired) electrons. The van der Waals surface area contributed by atoms with E-state index in [1.807, 2.05) is 0 Å². The number of aromatic nitrogens is 2. The molecule has 1 aromatic heterocycles. The van der Waals surface area contributed by atoms with Gasteiger partial charge in [0, 0.05) is 22.5 Å². The van der Waals surface area contributed by atoms with Crippen molar-refractivity contribution in [1.82, 2.24) is 9.97 Å². The van der Waals surface area contributed by atoms with Gasteiger partial charge in [0.1, 0.15) is 11.4 Å². The van der Waals surface area contributed by atoms with Crippen LogP contribution in [0.5, 0.6) is 5.75 Å². The topological polar surface area (TPSA) is 93.2 Å². The van der Waals surface area contributed by atoms with E-state index in [9.17, 15) is 9.59 Å². The van der Waals surface area contributed by atoms with Crippen LogP contribution in [0.4, 0.5) is 17.3 Å². The second-order valence-electron chi connectivity index (χ2n) is 5.82. The quantitative estimate of drug-likeness (QED) is 0.602. The van der Waals surface area contributed by atoms with Crippen molar-refractivity contribution in [3.63, 3.8) is 0 Å². The van der Waals surface area contributed by atoms with Crippen LogP contribution in [0.15, 0.2) is 54.7 Å². The van der Waals surface area contributed by atoms with Crippen LogP contribution in [0.1, 0.15) is 27.8 Å². The highest BCUT2D eigenvalue weighted by Crippen LogP contribution is 2.29. The molecule has 2 aromatic carbocycles. The van der Waals surface area contributed by atoms with Gasteiger partial charge < -0.3 is 15.4 Å². The molecule has 28 heavy (non-hydrogen) atoms. The molecule has 7 nitrogen and oxygen atoms in total. The van der Waals surface area contributed by atoms with E-state index in [0.29, 0.717) is 27.7 Å². The van der Waals surface area contributed by atoms with E-state index in [2.05, 4.69) is 20.6 Å². The molecular weight excluding hydrogens is 380 g/mol. The number of methoxy groups -OCH3 is 1. The second-order valence-corrected chi connectivity index (χ2v) is 6.26. The normalized spacial score (nSPS) is 10.2. The fourth-order valence-electron chi connectivity index (χ4n) is 2.43. The standard InChI is InChI=1S/C20H17ClN4O3/c1-12(26)13-3-6-15(7-4-13)23-19(27)16-9-10-22-20(24-16)25-17-11-14(21)5-8-18(17)28-2/h3-11H,1-2H3,(H,23,27)(H,22,24,25). The van der Waals surface area contributed by atoms with Gasteiger partial charge in [-0.1, -0.05) is 11.6 Å². The number of carbonyl (C=O) groups excluding carboxylic acids is 2. The van der Waals surface area contributed by atoms with Crippen molar-refractivity contribution in [3.8, 4) is 5.75 Å². The summed E-state index contributed by atoms with van der Waals surface area (Å²) in [4.78, 5) is 32.1. The zero-order chi connectivity index (χ0) is 20.1. The lowest BCUT2D eigenvalue weighted by Crippen LogP contribution is -2.15. The SMILES string of the molecule is COc1ccc(Cl)cc1Nc1nccc(C(=O)Nc2ccc(C(C)=O)cc2)n1. The third-order valence-electron chi connectivity index (χ3n) is 3.85. The highest BCUT2D eigenvalue weighted by atomic mass is 35.5. The maximum atomic E-state index is 12.5. The van der Waals surface area contributed by atoms with Crippen LogP contribution in [-0.4, -0.2) is 28.8 Å². The van der Waals surface area contributed by atoms with E-state index >= 15 is 0 Å². The molecule has 0 aliphatic carbocycles. The molecule has 0 spiro atoms. The Labute approximate surface area is 166 Å². The lowest BCUT2D eigenvalue weighted by atomic mass is 10.1. The Morgan fingerprint density at radius 1 is 1.07 bits per heavy atom. The first kappa shape index (κ1) is 19.3. The monoisotopic (exact) mass is 396 g/mol. The summed E-state index contributed by atoms with van der Waals surface area (Å²) in [6, 6.07) is 13.2. The molecule has 0 aliphatic rings. The van der Waals surface area contributed by atoms with Gasteiger partial charge in [-0.25, -0.2) is 9.97 Å². The molecule has 0 fully saturated rings. The number of halogens is 1. The van der Waals surface area contributed by atoms with Crippen molar-refractivity contribution in [3.05, 3.63) is 71.0 Å². The molecule has 0 aliphatic heterocycles. The maximum absolute atomic E-state index is 12.5. The minimum Gasteiger partial charge on any atom is -0.495 e. The number of nitrogens with one attached hydrogen (secondary N) is 2. The fraction of sp³-hybridized carbons (Fsp3) is 0.100. The van der Waals surface area contributed by atoms with E-state index in [1.54, 1.807) is 42.5 Å². The summed E-state index contributed by atoms with van der Waals surface area (Å²) in [5.74, 6) is 0.341. The van der Waals surface area contributed by atoms with Crippen LogP contribution in [0, 0.1) is 0 Å². The summed E-state index contributed by atoms with van der Waals surface area (Å²) in [5.41, 5.74) is 1.88. The summed E-state index contributed by atoms with van der Waals surface area (Å²) in [6.45, 7) is 1.48. The lowest BCUT2D eigenvalue weighted by Gasteiger charge is -2.11. The van der Waals surface area contributed by atoms with E-state index in [1.165, 1.54) is 26.3 Å². The Bertz CT molecular complexity index is 1020. The average Bonchev–Trinajstić information content (AvgIpc) is 2.69. The van der Waals surface area contributed by atoms with Crippen LogP contribution < -0.4 is 15.4 Å². The Kier molecular flexibility index (Phi) is 5.86. The van der Waals surface area contributed by atoms with Crippen molar-refractivity contribution in [2.24, 2.45) is 0 Å². The van der Waals surface area contributed by atoms with E-state index in [4.69, 9.17) is 16.3 Å². The van der Waals surface area contributed by atoms with Crippen molar-refractivity contribution < 1.29 is 14.3 Å². The van der Waals surface area contributed by atoms with Gasteiger partial charge in [0.2, 0.25) is 5.95 Å². The minimum absolute atomic E-state index is 0.0409. The van der Waals surface area contributed by atoms with Crippen molar-refractivity contribution in [2.75, 3.05) is 17.7 Å². The number of ketones is 1. The molecule has 1 amide bonds. The number of anilines is 3. The molecule has 142 valence electrons. The third kappa shape index (κ3) is 4.63. The van der Waals surface area contributed by atoms with Crippen LogP contribution in [0.3, 0.4) is 0 Å². The Hall–Kier alpha value is -3.45. The van der Waals surface area contributed by atoms with E-state index in [0.717, 1.165) is 0 Å². The molecule has 3 rings (SSSR count). The van der Waals surface area contributed by atoms with Crippen molar-refractivity contribution in [1.29, 1.82) is 0 Å². The molecule has 0 saturated carbocycles. The van der Waals surface area contributed by atoms with E-state index < -0.39 is 5.91 Å². The van der Waals surface area contributed by atoms with Gasteiger partial charge >= 0.3 is 0 Å². The lowest BCUT2D eigenvalue weighted by molar-refractivity contribution is 0.101. The van der Waals surface area contributed by atoms with Crippen LogP contribution in [-0.2, 0) is 0 Å². The predicted octanol–water partition coefficient (Wildman–Crippen LogP) is 4.34. The number of carbonyl (C=O) groups is 2. The van der Waals surface area contributed by atoms with Gasteiger partial charge in [-0.3, -0.25) is 9.59 Å². The molecule has 1 heterocycles. The first-order valence-corrected chi connectivity index (χ1v) is 8.70. The molecule has 0 atom stereocenters. The Morgan fingerprint density at radius 2 is 1.82 bits per heavy atom. The summed E-state index contributed by atoms with van der Waals surface area (Å²) >= 11 is 6.02. The Balaban J connectivity index is 1.76. The molecule has 2 N–H and O–H groups in total. The first-order valence-electron chi connectivity index (χ1n) is 8.32. The molecule has 0 bridgehead atoms. The summed E-state index contributed by atoms with van der Waals surface area (Å²) < 4.78 is 5.28. The molecular formula is C20H17ClN4O3. The van der Waals surface area contributed by atoms with Gasteiger partial charge in [-0.05, 0) is 55.5 Å². The van der Waals surface area contributed by atoms with Crippen molar-refractivity contribution in [2.45, 2.75) is 6.92 Å². The van der Waals surface area contributed by atoms with E-state index in [-0.39, 0.29) is 17.4 Å². The smallest absolute Gasteiger partial charge is 0.274 e. The number of nitrogens with zero attached hydrogens (tertiary/aromatic N) is 2. The fourth-order valence-corrected chi connectivity index (χ4v) is 2.60. The zero-order valence-corrected chi connectivity index (χ0v) is 15.9.